The third-order valence-corrected chi connectivity index (χ3v) is 4.23. The van der Waals surface area contributed by atoms with Gasteiger partial charge < -0.3 is 15.3 Å². The predicted octanol–water partition coefficient (Wildman–Crippen LogP) is 3.74. The molecule has 0 bridgehead atoms. The van der Waals surface area contributed by atoms with Crippen LogP contribution < -0.4 is 5.32 Å². The quantitative estimate of drug-likeness (QED) is 0.764. The van der Waals surface area contributed by atoms with Gasteiger partial charge in [0.2, 0.25) is 0 Å². The number of nitrogens with zero attached hydrogens (tertiary/aromatic N) is 1. The van der Waals surface area contributed by atoms with Crippen LogP contribution in [0, 0.1) is 18.8 Å². The van der Waals surface area contributed by atoms with Crippen molar-refractivity contribution in [2.75, 3.05) is 18.4 Å². The van der Waals surface area contributed by atoms with E-state index < -0.39 is 54.8 Å². The third-order valence-electron chi connectivity index (χ3n) is 4.23. The Hall–Kier alpha value is -2.46. The average molecular weight is 384 g/mol. The van der Waals surface area contributed by atoms with E-state index in [1.165, 1.54) is 6.07 Å². The summed E-state index contributed by atoms with van der Waals surface area (Å²) in [5.41, 5.74) is -1.50. The average Bonchev–Trinajstić information content (AvgIpc) is 2.93. The summed E-state index contributed by atoms with van der Waals surface area (Å²) >= 11 is 0. The van der Waals surface area contributed by atoms with Crippen molar-refractivity contribution in [2.24, 2.45) is 11.8 Å². The molecular weight excluding hydrogens is 370 g/mol. The fourth-order valence-corrected chi connectivity index (χ4v) is 2.82. The number of carbonyl (C=O) groups excluding carboxylic acids is 1. The number of likely N-dealkylation sites (tertiary alicyclic amines) is 1. The maximum atomic E-state index is 12.9. The Morgan fingerprint density at radius 3 is 2.23 bits per heavy atom. The number of rotatable bonds is 2. The first-order chi connectivity index (χ1) is 11.8. The Bertz CT molecular complexity index is 716. The minimum Gasteiger partial charge on any atom is -0.481 e. The number of carboxylic acid groups (broad SMARTS) is 1. The number of anilines is 1. The molecule has 0 saturated carbocycles. The van der Waals surface area contributed by atoms with Crippen molar-refractivity contribution in [3.05, 3.63) is 29.3 Å². The van der Waals surface area contributed by atoms with E-state index in [1.54, 1.807) is 0 Å². The number of carbonyl (C=O) groups is 2. The van der Waals surface area contributed by atoms with Gasteiger partial charge in [0.25, 0.3) is 0 Å². The first-order valence-corrected chi connectivity index (χ1v) is 7.34. The van der Waals surface area contributed by atoms with E-state index in [0.717, 1.165) is 19.1 Å². The number of amides is 2. The van der Waals surface area contributed by atoms with E-state index in [4.69, 9.17) is 5.11 Å². The SMILES string of the molecule is Cc1c(NC(=O)N2C[C@@H](C(F)(F)F)[C@H](C(=O)O)C2)cccc1C(F)(F)F. The Morgan fingerprint density at radius 1 is 1.15 bits per heavy atom. The van der Waals surface area contributed by atoms with Gasteiger partial charge in [-0.05, 0) is 24.6 Å². The highest BCUT2D eigenvalue weighted by molar-refractivity contribution is 5.91. The Labute approximate surface area is 143 Å². The van der Waals surface area contributed by atoms with Crippen LogP contribution in [0.1, 0.15) is 11.1 Å². The van der Waals surface area contributed by atoms with Crippen LogP contribution in [-0.2, 0) is 11.0 Å². The molecule has 0 aromatic heterocycles. The summed E-state index contributed by atoms with van der Waals surface area (Å²) in [7, 11) is 0. The van der Waals surface area contributed by atoms with Crippen LogP contribution in [0.3, 0.4) is 0 Å². The fourth-order valence-electron chi connectivity index (χ4n) is 2.82. The highest BCUT2D eigenvalue weighted by Gasteiger charge is 2.53. The first-order valence-electron chi connectivity index (χ1n) is 7.34. The largest absolute Gasteiger partial charge is 0.481 e. The highest BCUT2D eigenvalue weighted by atomic mass is 19.4. The van der Waals surface area contributed by atoms with Gasteiger partial charge >= 0.3 is 24.4 Å². The van der Waals surface area contributed by atoms with Crippen molar-refractivity contribution in [3.63, 3.8) is 0 Å². The van der Waals surface area contributed by atoms with Gasteiger partial charge in [0.1, 0.15) is 0 Å². The molecule has 1 heterocycles. The summed E-state index contributed by atoms with van der Waals surface area (Å²) in [6.07, 6.45) is -9.47. The molecule has 0 unspecified atom stereocenters. The van der Waals surface area contributed by atoms with Crippen molar-refractivity contribution in [1.29, 1.82) is 0 Å². The monoisotopic (exact) mass is 384 g/mol. The van der Waals surface area contributed by atoms with Crippen LogP contribution in [0.5, 0.6) is 0 Å². The van der Waals surface area contributed by atoms with Gasteiger partial charge in [-0.1, -0.05) is 6.07 Å². The molecule has 2 amide bonds. The van der Waals surface area contributed by atoms with E-state index in [2.05, 4.69) is 5.32 Å². The number of halogens is 6. The molecule has 5 nitrogen and oxygen atoms in total. The Balaban J connectivity index is 2.20. The van der Waals surface area contributed by atoms with Gasteiger partial charge in [-0.3, -0.25) is 4.79 Å². The van der Waals surface area contributed by atoms with Crippen molar-refractivity contribution in [2.45, 2.75) is 19.3 Å². The van der Waals surface area contributed by atoms with Crippen molar-refractivity contribution < 1.29 is 41.0 Å². The Morgan fingerprint density at radius 2 is 1.77 bits per heavy atom. The molecule has 1 aliphatic heterocycles. The molecule has 2 N–H and O–H groups in total. The zero-order valence-corrected chi connectivity index (χ0v) is 13.3. The highest BCUT2D eigenvalue weighted by Crippen LogP contribution is 2.38. The maximum absolute atomic E-state index is 12.9. The standard InChI is InChI=1S/C15H14F6N2O3/c1-7-9(14(16,17)18)3-2-4-11(7)22-13(26)23-5-8(12(24)25)10(6-23)15(19,20)21/h2-4,8,10H,5-6H2,1H3,(H,22,26)(H,24,25)/t8-,10-/m1/s1. The lowest BCUT2D eigenvalue weighted by Crippen LogP contribution is -2.35. The molecule has 1 aromatic rings. The molecule has 2 rings (SSSR count). The third kappa shape index (κ3) is 4.02. The number of carboxylic acids is 1. The molecule has 1 saturated heterocycles. The van der Waals surface area contributed by atoms with Crippen molar-refractivity contribution in [3.8, 4) is 0 Å². The zero-order chi connectivity index (χ0) is 19.9. The van der Waals surface area contributed by atoms with Gasteiger partial charge in [0.05, 0.1) is 17.4 Å². The summed E-state index contributed by atoms with van der Waals surface area (Å²) in [5.74, 6) is -5.77. The molecule has 0 spiro atoms. The zero-order valence-electron chi connectivity index (χ0n) is 13.3. The molecule has 2 atom stereocenters. The van der Waals surface area contributed by atoms with E-state index in [0.29, 0.717) is 4.90 Å². The number of hydrogen-bond acceptors (Lipinski definition) is 2. The minimum atomic E-state index is -4.82. The van der Waals surface area contributed by atoms with E-state index in [-0.39, 0.29) is 11.3 Å². The van der Waals surface area contributed by atoms with Crippen molar-refractivity contribution >= 4 is 17.7 Å². The fraction of sp³-hybridized carbons (Fsp3) is 0.467. The van der Waals surface area contributed by atoms with Gasteiger partial charge in [0, 0.05) is 18.8 Å². The molecule has 0 radical (unpaired) electrons. The second kappa shape index (κ2) is 6.69. The van der Waals surface area contributed by atoms with Crippen LogP contribution in [0.25, 0.3) is 0 Å². The van der Waals surface area contributed by atoms with Crippen molar-refractivity contribution in [1.82, 2.24) is 4.90 Å². The summed E-state index contributed by atoms with van der Waals surface area (Å²) in [5, 5.41) is 11.0. The van der Waals surface area contributed by atoms with Crippen LogP contribution in [0.4, 0.5) is 36.8 Å². The van der Waals surface area contributed by atoms with E-state index >= 15 is 0 Å². The molecule has 1 fully saturated rings. The molecular formula is C15H14F6N2O3. The summed E-state index contributed by atoms with van der Waals surface area (Å²) < 4.78 is 77.4. The molecule has 1 aliphatic rings. The molecule has 0 aliphatic carbocycles. The van der Waals surface area contributed by atoms with Gasteiger partial charge in [-0.2, -0.15) is 26.3 Å². The normalized spacial score (nSPS) is 21.0. The van der Waals surface area contributed by atoms with E-state index in [1.807, 2.05) is 0 Å². The lowest BCUT2D eigenvalue weighted by molar-refractivity contribution is -0.187. The predicted molar refractivity (Wildman–Crippen MR) is 77.4 cm³/mol. The van der Waals surface area contributed by atoms with Crippen LogP contribution in [0.2, 0.25) is 0 Å². The van der Waals surface area contributed by atoms with Gasteiger partial charge in [0.15, 0.2) is 0 Å². The smallest absolute Gasteiger partial charge is 0.416 e. The number of hydrogen-bond donors (Lipinski definition) is 2. The van der Waals surface area contributed by atoms with Gasteiger partial charge in [-0.25, -0.2) is 4.79 Å². The minimum absolute atomic E-state index is 0.216. The molecule has 11 heteroatoms. The van der Waals surface area contributed by atoms with Crippen LogP contribution in [0.15, 0.2) is 18.2 Å². The summed E-state index contributed by atoms with van der Waals surface area (Å²) in [6.45, 7) is -0.464. The lowest BCUT2D eigenvalue weighted by Gasteiger charge is -2.20. The lowest BCUT2D eigenvalue weighted by atomic mass is 9.96. The molecule has 26 heavy (non-hydrogen) atoms. The molecule has 1 aromatic carbocycles. The summed E-state index contributed by atoms with van der Waals surface area (Å²) in [6, 6.07) is 1.94. The number of aliphatic carboxylic acids is 1. The second-order valence-electron chi connectivity index (χ2n) is 5.90. The topological polar surface area (TPSA) is 69.6 Å². The number of urea groups is 1. The number of benzene rings is 1. The number of alkyl halides is 6. The summed E-state index contributed by atoms with van der Waals surface area (Å²) in [4.78, 5) is 23.8. The van der Waals surface area contributed by atoms with E-state index in [9.17, 15) is 35.9 Å². The van der Waals surface area contributed by atoms with Crippen LogP contribution >= 0.6 is 0 Å². The molecule has 144 valence electrons. The first kappa shape index (κ1) is 19.9. The Kier molecular flexibility index (Phi) is 5.11. The van der Waals surface area contributed by atoms with Gasteiger partial charge in [-0.15, -0.1) is 0 Å². The maximum Gasteiger partial charge on any atom is 0.416 e. The van der Waals surface area contributed by atoms with Crippen LogP contribution in [-0.4, -0.2) is 41.3 Å². The second-order valence-corrected chi connectivity index (χ2v) is 5.90. The number of nitrogens with one attached hydrogen (secondary N) is 1.